The highest BCUT2D eigenvalue weighted by Crippen LogP contribution is 2.29. The van der Waals surface area contributed by atoms with Crippen LogP contribution in [-0.2, 0) is 11.3 Å². The first-order chi connectivity index (χ1) is 22.1. The Morgan fingerprint density at radius 1 is 1.04 bits per heavy atom. The number of halogens is 1. The van der Waals surface area contributed by atoms with Crippen LogP contribution in [-0.4, -0.2) is 78.4 Å². The molecule has 0 saturated heterocycles. The Morgan fingerprint density at radius 3 is 2.46 bits per heavy atom. The van der Waals surface area contributed by atoms with Crippen LogP contribution in [0.2, 0.25) is 0 Å². The summed E-state index contributed by atoms with van der Waals surface area (Å²) in [6, 6.07) is 19.7. The average molecular weight is 635 g/mol. The molecule has 1 aliphatic heterocycles. The zero-order valence-corrected chi connectivity index (χ0v) is 27.2. The maximum atomic E-state index is 14.3. The molecule has 3 N–H and O–H groups in total. The number of ether oxygens (including phenoxy) is 2. The van der Waals surface area contributed by atoms with E-state index in [0.717, 1.165) is 25.8 Å². The number of aliphatic hydroxyl groups is 1. The predicted octanol–water partition coefficient (Wildman–Crippen LogP) is 6.40. The first kappa shape index (κ1) is 34.9. The van der Waals surface area contributed by atoms with Crippen molar-refractivity contribution in [3.8, 4) is 5.75 Å². The van der Waals surface area contributed by atoms with Gasteiger partial charge in [0.15, 0.2) is 0 Å². The van der Waals surface area contributed by atoms with E-state index in [2.05, 4.69) is 41.6 Å². The molecule has 0 fully saturated rings. The molecule has 4 atom stereocenters. The number of urea groups is 1. The molecule has 248 valence electrons. The van der Waals surface area contributed by atoms with Crippen LogP contribution in [0.25, 0.3) is 0 Å². The summed E-state index contributed by atoms with van der Waals surface area (Å²) < 4.78 is 26.0. The van der Waals surface area contributed by atoms with Gasteiger partial charge in [0.1, 0.15) is 11.6 Å². The number of carbonyl (C=O) groups excluding carboxylic acids is 2. The highest BCUT2D eigenvalue weighted by molar-refractivity contribution is 6.02. The first-order valence-corrected chi connectivity index (χ1v) is 16.0. The van der Waals surface area contributed by atoms with Crippen LogP contribution in [0, 0.1) is 11.7 Å². The number of anilines is 2. The van der Waals surface area contributed by atoms with E-state index in [9.17, 15) is 19.1 Å². The molecule has 3 aromatic rings. The van der Waals surface area contributed by atoms with Gasteiger partial charge in [-0.25, -0.2) is 9.18 Å². The molecule has 3 aromatic carbocycles. The van der Waals surface area contributed by atoms with Crippen LogP contribution in [0.1, 0.15) is 56.0 Å². The number of hydrogen-bond acceptors (Lipinski definition) is 6. The quantitative estimate of drug-likeness (QED) is 0.265. The van der Waals surface area contributed by atoms with Gasteiger partial charge in [-0.05, 0) is 88.2 Å². The second-order valence-electron chi connectivity index (χ2n) is 12.3. The molecule has 0 radical (unpaired) electrons. The molecule has 0 bridgehead atoms. The van der Waals surface area contributed by atoms with Crippen LogP contribution >= 0.6 is 0 Å². The minimum absolute atomic E-state index is 0.0507. The van der Waals surface area contributed by atoms with Crippen molar-refractivity contribution in [1.29, 1.82) is 0 Å². The number of carbonyl (C=O) groups is 2. The summed E-state index contributed by atoms with van der Waals surface area (Å²) in [6.07, 6.45) is 2.26. The molecule has 0 aliphatic carbocycles. The zero-order chi connectivity index (χ0) is 33.1. The summed E-state index contributed by atoms with van der Waals surface area (Å²) >= 11 is 0. The number of rotatable bonds is 8. The van der Waals surface area contributed by atoms with E-state index in [1.165, 1.54) is 29.8 Å². The number of likely N-dealkylation sites (N-methyl/N-ethyl adjacent to an activating group) is 1. The molecule has 4 rings (SSSR count). The molecule has 0 spiro atoms. The van der Waals surface area contributed by atoms with Gasteiger partial charge in [0.05, 0.1) is 30.4 Å². The average Bonchev–Trinajstić information content (AvgIpc) is 3.04. The van der Waals surface area contributed by atoms with E-state index >= 15 is 0 Å². The molecule has 1 heterocycles. The van der Waals surface area contributed by atoms with E-state index < -0.39 is 17.9 Å². The molecule has 0 saturated carbocycles. The lowest BCUT2D eigenvalue weighted by atomic mass is 10.0. The summed E-state index contributed by atoms with van der Waals surface area (Å²) in [7, 11) is 2.07. The molecule has 10 heteroatoms. The van der Waals surface area contributed by atoms with Crippen molar-refractivity contribution in [3.63, 3.8) is 0 Å². The van der Waals surface area contributed by atoms with E-state index in [-0.39, 0.29) is 36.2 Å². The monoisotopic (exact) mass is 634 g/mol. The molecule has 1 aliphatic rings. The molecular weight excluding hydrogens is 587 g/mol. The van der Waals surface area contributed by atoms with Gasteiger partial charge in [-0.15, -0.1) is 0 Å². The summed E-state index contributed by atoms with van der Waals surface area (Å²) in [5.74, 6) is -0.355. The number of nitrogens with one attached hydrogen (secondary N) is 2. The van der Waals surface area contributed by atoms with Gasteiger partial charge in [0.2, 0.25) is 0 Å². The summed E-state index contributed by atoms with van der Waals surface area (Å²) in [5.41, 5.74) is 2.31. The Hall–Kier alpha value is -3.99. The Kier molecular flexibility index (Phi) is 12.9. The number of fused-ring (bicyclic) bond motifs is 1. The van der Waals surface area contributed by atoms with Crippen LogP contribution < -0.4 is 15.4 Å². The van der Waals surface area contributed by atoms with Gasteiger partial charge < -0.3 is 30.1 Å². The van der Waals surface area contributed by atoms with E-state index in [1.54, 1.807) is 23.1 Å². The molecule has 0 aromatic heterocycles. The number of aliphatic hydroxyl groups excluding tert-OH is 1. The van der Waals surface area contributed by atoms with Crippen LogP contribution in [0.3, 0.4) is 0 Å². The topological polar surface area (TPSA) is 103 Å². The predicted molar refractivity (Wildman–Crippen MR) is 179 cm³/mol. The van der Waals surface area contributed by atoms with Crippen LogP contribution in [0.5, 0.6) is 5.75 Å². The Bertz CT molecular complexity index is 1410. The molecular formula is C36H47FN4O5. The van der Waals surface area contributed by atoms with Gasteiger partial charge in [-0.1, -0.05) is 37.3 Å². The van der Waals surface area contributed by atoms with Crippen LogP contribution in [0.15, 0.2) is 72.8 Å². The largest absolute Gasteiger partial charge is 0.490 e. The highest BCUT2D eigenvalue weighted by Gasteiger charge is 2.30. The number of hydrogen-bond donors (Lipinski definition) is 3. The Morgan fingerprint density at radius 2 is 1.74 bits per heavy atom. The van der Waals surface area contributed by atoms with Crippen molar-refractivity contribution in [2.75, 3.05) is 44.0 Å². The zero-order valence-electron chi connectivity index (χ0n) is 27.2. The smallest absolute Gasteiger partial charge is 0.323 e. The second-order valence-corrected chi connectivity index (χ2v) is 12.3. The van der Waals surface area contributed by atoms with Gasteiger partial charge in [0.25, 0.3) is 5.91 Å². The second kappa shape index (κ2) is 17.1. The van der Waals surface area contributed by atoms with E-state index in [1.807, 2.05) is 32.0 Å². The minimum Gasteiger partial charge on any atom is -0.490 e. The first-order valence-electron chi connectivity index (χ1n) is 16.0. The highest BCUT2D eigenvalue weighted by atomic mass is 19.1. The third-order valence-electron chi connectivity index (χ3n) is 8.20. The standard InChI is InChI=1S/C36H47FN4O5/c1-25-21-41(26(2)24-42)35(43)32-20-31(39-36(44)38-30-15-13-29(37)14-16-30)17-18-33(32)46-27(3)10-8-9-19-45-34(25)23-40(4)22-28-11-6-5-7-12-28/h5-7,11-18,20,25-27,34,42H,8-10,19,21-24H2,1-4H3,(H2,38,39,44)/t25-,26+,27+,34+/m0/s1. The van der Waals surface area contributed by atoms with Crippen LogP contribution in [0.4, 0.5) is 20.6 Å². The van der Waals surface area contributed by atoms with E-state index in [4.69, 9.17) is 9.47 Å². The fourth-order valence-corrected chi connectivity index (χ4v) is 5.56. The van der Waals surface area contributed by atoms with Gasteiger partial charge in [-0.2, -0.15) is 0 Å². The molecule has 3 amide bonds. The number of amides is 3. The maximum Gasteiger partial charge on any atom is 0.323 e. The molecule has 9 nitrogen and oxygen atoms in total. The summed E-state index contributed by atoms with van der Waals surface area (Å²) in [5, 5.41) is 15.6. The third-order valence-corrected chi connectivity index (χ3v) is 8.20. The van der Waals surface area contributed by atoms with Crippen molar-refractivity contribution >= 4 is 23.3 Å². The van der Waals surface area contributed by atoms with E-state index in [0.29, 0.717) is 36.8 Å². The lowest BCUT2D eigenvalue weighted by Crippen LogP contribution is -2.47. The number of benzene rings is 3. The molecule has 0 unspecified atom stereocenters. The minimum atomic E-state index is -0.539. The van der Waals surface area contributed by atoms with Gasteiger partial charge in [0, 0.05) is 43.5 Å². The van der Waals surface area contributed by atoms with Crippen molar-refractivity contribution in [2.45, 2.75) is 64.8 Å². The van der Waals surface area contributed by atoms with Crippen molar-refractivity contribution in [2.24, 2.45) is 5.92 Å². The lowest BCUT2D eigenvalue weighted by Gasteiger charge is -2.36. The fraction of sp³-hybridized carbons (Fsp3) is 0.444. The summed E-state index contributed by atoms with van der Waals surface area (Å²) in [4.78, 5) is 31.0. The van der Waals surface area contributed by atoms with Crippen molar-refractivity contribution < 1.29 is 28.6 Å². The third kappa shape index (κ3) is 10.3. The fourth-order valence-electron chi connectivity index (χ4n) is 5.56. The lowest BCUT2D eigenvalue weighted by molar-refractivity contribution is -0.0177. The SMILES string of the molecule is C[C@@H]1CCCCO[C@H](CN(C)Cc2ccccc2)[C@@H](C)CN([C@H](C)CO)C(=O)c2cc(NC(=O)Nc3ccc(F)cc3)ccc2O1. The Balaban J connectivity index is 1.58. The summed E-state index contributed by atoms with van der Waals surface area (Å²) in [6.45, 7) is 8.05. The van der Waals surface area contributed by atoms with Gasteiger partial charge in [-0.3, -0.25) is 9.69 Å². The Labute approximate surface area is 271 Å². The van der Waals surface area contributed by atoms with Crippen molar-refractivity contribution in [1.82, 2.24) is 9.80 Å². The normalized spacial score (nSPS) is 20.3. The van der Waals surface area contributed by atoms with Crippen molar-refractivity contribution in [3.05, 3.63) is 89.7 Å². The number of nitrogens with zero attached hydrogens (tertiary/aromatic N) is 2. The molecule has 46 heavy (non-hydrogen) atoms. The van der Waals surface area contributed by atoms with Gasteiger partial charge >= 0.3 is 6.03 Å². The maximum absolute atomic E-state index is 14.3.